The van der Waals surface area contributed by atoms with Gasteiger partial charge in [0.05, 0.1) is 36.4 Å². The SMILES string of the molecule is O=C1c2cccc3c2C(=O)[C@]2(CSSCNC4=CC(=CCN4)[C@@]4(CCC5(CCCC5)C4)C[C@]4(O)[C@H](O)[C@@H](CO)O[C@@H](O3)[C@@H]4O)C(O)=CC(Cc3cccc(CO)c3)=C[C@H]12. The van der Waals surface area contributed by atoms with Crippen LogP contribution in [0.25, 0.3) is 0 Å². The zero-order chi connectivity index (χ0) is 41.2. The Morgan fingerprint density at radius 2 is 1.69 bits per heavy atom. The number of Topliss-reactive ketones (excluding diaryl/α,β-unsaturated/α-hetero) is 2. The van der Waals surface area contributed by atoms with Crippen molar-refractivity contribution >= 4 is 33.2 Å². The average molecular weight is 845 g/mol. The Hall–Kier alpha value is -3.60. The third-order valence-corrected chi connectivity index (χ3v) is 16.4. The molecule has 12 nitrogen and oxygen atoms in total. The number of benzene rings is 2. The number of hydrogen-bond donors (Lipinski definition) is 8. The molecule has 0 aromatic heterocycles. The highest BCUT2D eigenvalue weighted by Crippen LogP contribution is 2.63. The van der Waals surface area contributed by atoms with Gasteiger partial charge in [-0.25, -0.2) is 0 Å². The van der Waals surface area contributed by atoms with E-state index < -0.39 is 65.1 Å². The van der Waals surface area contributed by atoms with E-state index in [1.54, 1.807) is 24.3 Å². The number of aliphatic hydroxyl groups excluding tert-OH is 5. The fraction of sp³-hybridized carbons (Fsp3) is 0.511. The molecular weight excluding hydrogens is 793 g/mol. The maximum absolute atomic E-state index is 15.2. The molecule has 6 bridgehead atoms. The van der Waals surface area contributed by atoms with Gasteiger partial charge in [0.15, 0.2) is 11.6 Å². The van der Waals surface area contributed by atoms with Crippen LogP contribution in [0.15, 0.2) is 89.5 Å². The highest BCUT2D eigenvalue weighted by molar-refractivity contribution is 8.76. The Bertz CT molecular complexity index is 2150. The Morgan fingerprint density at radius 3 is 2.49 bits per heavy atom. The molecule has 2 saturated carbocycles. The lowest BCUT2D eigenvalue weighted by Crippen LogP contribution is -2.69. The normalized spacial score (nSPS) is 35.2. The molecule has 0 radical (unpaired) electrons. The molecule has 3 heterocycles. The standard InChI is InChI=1S/C45H52N2O10S2/c48-20-27-6-3-5-26(15-27)16-28-17-31-37(51)30-7-4-8-32-36(30)39(53)44(31,34(50)18-28)24-58-59-25-47-35-19-29(9-14-46-35)43(13-12-42(22-43)10-1-2-11-42)23-45(55)38(52)33(21-49)57-41(56-32)40(45)54/h3-9,15,17-19,31,33,38,40-41,46-50,52,54-55H,1-2,10-14,16,20-25H2/t31-,33-,38-,40+,41-,43-,44+,45+/m1/s1. The molecule has 2 aromatic rings. The molecule has 4 aliphatic carbocycles. The Morgan fingerprint density at radius 1 is 0.898 bits per heavy atom. The van der Waals surface area contributed by atoms with Crippen molar-refractivity contribution in [1.29, 1.82) is 0 Å². The maximum Gasteiger partial charge on any atom is 0.229 e. The van der Waals surface area contributed by atoms with Gasteiger partial charge in [-0.05, 0) is 96.3 Å². The van der Waals surface area contributed by atoms with E-state index in [4.69, 9.17) is 9.47 Å². The summed E-state index contributed by atoms with van der Waals surface area (Å²) >= 11 is 0. The van der Waals surface area contributed by atoms with E-state index in [-0.39, 0.29) is 46.8 Å². The fourth-order valence-electron chi connectivity index (χ4n) is 11.2. The van der Waals surface area contributed by atoms with Gasteiger partial charge in [-0.1, -0.05) is 83.0 Å². The summed E-state index contributed by atoms with van der Waals surface area (Å²) in [6, 6.07) is 12.0. The van der Waals surface area contributed by atoms with Crippen LogP contribution >= 0.6 is 21.6 Å². The number of allylic oxidation sites excluding steroid dienone is 6. The Labute approximate surface area is 351 Å². The predicted octanol–water partition coefficient (Wildman–Crippen LogP) is 4.77. The van der Waals surface area contributed by atoms with Crippen LogP contribution in [-0.4, -0.2) is 97.2 Å². The van der Waals surface area contributed by atoms with Crippen LogP contribution < -0.4 is 15.4 Å². The van der Waals surface area contributed by atoms with Gasteiger partial charge in [-0.3, -0.25) is 9.59 Å². The minimum Gasteiger partial charge on any atom is -0.511 e. The number of nitrogens with one attached hydrogen (secondary N) is 2. The van der Waals surface area contributed by atoms with Crippen molar-refractivity contribution in [2.75, 3.05) is 24.8 Å². The smallest absolute Gasteiger partial charge is 0.229 e. The number of fused-ring (bicyclic) bond motifs is 4. The van der Waals surface area contributed by atoms with Crippen molar-refractivity contribution in [2.24, 2.45) is 22.2 Å². The number of carbonyl (C=O) groups excluding carboxylic acids is 2. The summed E-state index contributed by atoms with van der Waals surface area (Å²) in [5.74, 6) is -1.10. The first-order chi connectivity index (χ1) is 28.4. The molecule has 7 aliphatic rings. The molecule has 0 amide bonds. The number of ketones is 2. The second-order valence-electron chi connectivity index (χ2n) is 17.6. The van der Waals surface area contributed by atoms with Gasteiger partial charge in [0, 0.05) is 17.9 Å². The molecule has 3 aliphatic heterocycles. The van der Waals surface area contributed by atoms with Crippen LogP contribution in [0.4, 0.5) is 0 Å². The summed E-state index contributed by atoms with van der Waals surface area (Å²) in [6.45, 7) is -0.292. The van der Waals surface area contributed by atoms with E-state index >= 15 is 4.79 Å². The van der Waals surface area contributed by atoms with E-state index in [0.717, 1.165) is 67.5 Å². The monoisotopic (exact) mass is 844 g/mol. The third-order valence-electron chi connectivity index (χ3n) is 14.2. The topological polar surface area (TPSA) is 198 Å². The van der Waals surface area contributed by atoms with Crippen LogP contribution in [0.2, 0.25) is 0 Å². The Balaban J connectivity index is 1.13. The van der Waals surface area contributed by atoms with Crippen LogP contribution in [-0.2, 0) is 17.8 Å². The molecule has 2 aromatic carbocycles. The fourth-order valence-corrected chi connectivity index (χ4v) is 13.5. The molecule has 8 atom stereocenters. The minimum absolute atomic E-state index is 0.0310. The van der Waals surface area contributed by atoms with Gasteiger partial charge in [0.25, 0.3) is 0 Å². The summed E-state index contributed by atoms with van der Waals surface area (Å²) in [6.07, 6.45) is 8.18. The zero-order valence-corrected chi connectivity index (χ0v) is 34.4. The van der Waals surface area contributed by atoms with E-state index in [2.05, 4.69) is 22.8 Å². The van der Waals surface area contributed by atoms with Crippen molar-refractivity contribution in [1.82, 2.24) is 10.6 Å². The number of ether oxygens (including phenoxy) is 2. The highest BCUT2D eigenvalue weighted by Gasteiger charge is 2.63. The lowest BCUT2D eigenvalue weighted by molar-refractivity contribution is -0.319. The number of rotatable bonds is 4. The average Bonchev–Trinajstić information content (AvgIpc) is 3.86. The van der Waals surface area contributed by atoms with Crippen LogP contribution in [0.3, 0.4) is 0 Å². The molecule has 3 spiro atoms. The lowest BCUT2D eigenvalue weighted by atomic mass is 9.60. The largest absolute Gasteiger partial charge is 0.511 e. The molecular formula is C45H52N2O10S2. The summed E-state index contributed by atoms with van der Waals surface area (Å²) in [5, 5.41) is 75.9. The molecule has 8 N–H and O–H groups in total. The molecule has 1 saturated heterocycles. The minimum atomic E-state index is -2.21. The molecule has 14 heteroatoms. The lowest BCUT2D eigenvalue weighted by Gasteiger charge is -2.51. The summed E-state index contributed by atoms with van der Waals surface area (Å²) < 4.78 is 12.4. The Kier molecular flexibility index (Phi) is 10.9. The number of hydrogen-bond acceptors (Lipinski definition) is 14. The van der Waals surface area contributed by atoms with E-state index in [0.29, 0.717) is 24.4 Å². The number of aliphatic hydroxyl groups is 6. The molecule has 9 rings (SSSR count). The van der Waals surface area contributed by atoms with E-state index in [9.17, 15) is 35.4 Å². The quantitative estimate of drug-likeness (QED) is 0.196. The van der Waals surface area contributed by atoms with Gasteiger partial charge < -0.3 is 50.7 Å². The first-order valence-corrected chi connectivity index (χ1v) is 23.1. The van der Waals surface area contributed by atoms with E-state index in [1.165, 1.54) is 27.7 Å². The molecule has 0 unspecified atom stereocenters. The van der Waals surface area contributed by atoms with Crippen LogP contribution in [0.1, 0.15) is 83.2 Å². The summed E-state index contributed by atoms with van der Waals surface area (Å²) in [5.41, 5.74) is -1.20. The summed E-state index contributed by atoms with van der Waals surface area (Å²) in [7, 11) is 2.83. The maximum atomic E-state index is 15.2. The van der Waals surface area contributed by atoms with E-state index in [1.807, 2.05) is 24.3 Å². The van der Waals surface area contributed by atoms with Crippen molar-refractivity contribution in [2.45, 2.75) is 94.6 Å². The highest BCUT2D eigenvalue weighted by atomic mass is 33.1. The van der Waals surface area contributed by atoms with Crippen molar-refractivity contribution in [3.8, 4) is 5.75 Å². The van der Waals surface area contributed by atoms with Gasteiger partial charge in [-0.15, -0.1) is 0 Å². The van der Waals surface area contributed by atoms with Crippen molar-refractivity contribution < 1.29 is 49.7 Å². The first-order valence-electron chi connectivity index (χ1n) is 20.6. The second-order valence-corrected chi connectivity index (χ2v) is 20.1. The molecule has 3 fully saturated rings. The van der Waals surface area contributed by atoms with Gasteiger partial charge in [-0.2, -0.15) is 0 Å². The molecule has 59 heavy (non-hydrogen) atoms. The van der Waals surface area contributed by atoms with Crippen LogP contribution in [0.5, 0.6) is 5.75 Å². The second kappa shape index (κ2) is 15.7. The number of dihydropyridines is 1. The van der Waals surface area contributed by atoms with Crippen LogP contribution in [0, 0.1) is 22.2 Å². The van der Waals surface area contributed by atoms with Crippen molar-refractivity contribution in [3.63, 3.8) is 0 Å². The van der Waals surface area contributed by atoms with Gasteiger partial charge in [0.2, 0.25) is 6.29 Å². The molecule has 314 valence electrons. The summed E-state index contributed by atoms with van der Waals surface area (Å²) in [4.78, 5) is 29.9. The van der Waals surface area contributed by atoms with Crippen molar-refractivity contribution in [3.05, 3.63) is 112 Å². The van der Waals surface area contributed by atoms with Gasteiger partial charge >= 0.3 is 0 Å². The predicted molar refractivity (Wildman–Crippen MR) is 223 cm³/mol. The van der Waals surface area contributed by atoms with Gasteiger partial charge in [0.1, 0.15) is 40.8 Å². The third kappa shape index (κ3) is 6.87. The number of carbonyl (C=O) groups is 2. The first kappa shape index (κ1) is 40.8. The zero-order valence-electron chi connectivity index (χ0n) is 32.8.